The largest absolute Gasteiger partial charge is 0.569 e. The molecule has 0 amide bonds. The molecule has 3 N–H and O–H groups in total. The molecule has 0 fully saturated rings. The lowest BCUT2D eigenvalue weighted by molar-refractivity contribution is 0.425. The van der Waals surface area contributed by atoms with E-state index in [4.69, 9.17) is 15.1 Å². The molecular weight excluding hydrogens is 1010 g/mol. The summed E-state index contributed by atoms with van der Waals surface area (Å²) in [5.74, 6) is 0.432. The third kappa shape index (κ3) is 12.9. The zero-order chi connectivity index (χ0) is 31.5. The minimum atomic E-state index is -1.47. The Morgan fingerprint density at radius 1 is 0.442 bits per heavy atom. The Morgan fingerprint density at radius 2 is 0.744 bits per heavy atom. The van der Waals surface area contributed by atoms with Gasteiger partial charge in [-0.1, -0.05) is 148 Å². The van der Waals surface area contributed by atoms with Crippen LogP contribution in [0.4, 0.5) is 0 Å². The summed E-state index contributed by atoms with van der Waals surface area (Å²) in [5, 5.41) is 25.7. The van der Waals surface area contributed by atoms with Gasteiger partial charge < -0.3 is 19.7 Å². The van der Waals surface area contributed by atoms with Gasteiger partial charge in [0.15, 0.2) is 0 Å². The van der Waals surface area contributed by atoms with E-state index in [0.29, 0.717) is 18.9 Å². The topological polar surface area (TPSA) is 69.9 Å². The van der Waals surface area contributed by atoms with Crippen molar-refractivity contribution < 1.29 is 19.7 Å². The van der Waals surface area contributed by atoms with Crippen molar-refractivity contribution in [2.45, 2.75) is 0 Å². The van der Waals surface area contributed by atoms with E-state index >= 15 is 0 Å². The van der Waals surface area contributed by atoms with Crippen LogP contribution < -0.4 is 10.1 Å². The zero-order valence-electron chi connectivity index (χ0n) is 21.9. The summed E-state index contributed by atoms with van der Waals surface area (Å²) >= 11 is 24.2. The summed E-state index contributed by atoms with van der Waals surface area (Å²) in [4.78, 5) is 0. The van der Waals surface area contributed by atoms with Crippen LogP contribution in [0, 0.1) is 0 Å². The van der Waals surface area contributed by atoms with Crippen molar-refractivity contribution in [3.05, 3.63) is 134 Å². The molecule has 0 bridgehead atoms. The molecule has 5 rings (SSSR count). The Hall–Kier alpha value is -0.730. The Labute approximate surface area is 310 Å². The molecule has 4 nitrogen and oxygen atoms in total. The minimum Gasteiger partial charge on any atom is -0.537 e. The number of benzene rings is 5. The smallest absolute Gasteiger partial charge is 0.537 e. The van der Waals surface area contributed by atoms with Gasteiger partial charge in [0.25, 0.3) is 0 Å². The van der Waals surface area contributed by atoms with Gasteiger partial charge in [0.05, 0.1) is 5.75 Å². The quantitative estimate of drug-likeness (QED) is 0.154. The summed E-state index contributed by atoms with van der Waals surface area (Å²) in [6, 6.07) is 33.1. The van der Waals surface area contributed by atoms with Crippen LogP contribution >= 0.6 is 112 Å². The fourth-order valence-electron chi connectivity index (χ4n) is 3.60. The van der Waals surface area contributed by atoms with Crippen molar-refractivity contribution in [1.29, 1.82) is 0 Å². The highest BCUT2D eigenvalue weighted by Crippen LogP contribution is 2.32. The van der Waals surface area contributed by atoms with E-state index in [1.807, 2.05) is 30.3 Å². The number of hydrogen-bond donors (Lipinski definition) is 3. The summed E-state index contributed by atoms with van der Waals surface area (Å²) in [5.41, 5.74) is 5.13. The van der Waals surface area contributed by atoms with Gasteiger partial charge in [-0.15, -0.1) is 0 Å². The summed E-state index contributed by atoms with van der Waals surface area (Å²) in [6.07, 6.45) is 0. The first-order valence-corrected chi connectivity index (χ1v) is 17.7. The highest BCUT2D eigenvalue weighted by molar-refractivity contribution is 9.12. The average molecular weight is 1030 g/mol. The number of rotatable bonds is 5. The third-order valence-electron chi connectivity index (χ3n) is 5.47. The van der Waals surface area contributed by atoms with E-state index in [1.54, 1.807) is 0 Å². The van der Waals surface area contributed by atoms with Crippen LogP contribution in [0.5, 0.6) is 5.75 Å². The Kier molecular flexibility index (Phi) is 15.7. The molecule has 0 aliphatic carbocycles. The van der Waals surface area contributed by atoms with Gasteiger partial charge in [0, 0.05) is 31.3 Å². The van der Waals surface area contributed by atoms with Gasteiger partial charge in [-0.3, -0.25) is 0 Å². The monoisotopic (exact) mass is 1020 g/mol. The lowest BCUT2D eigenvalue weighted by Crippen LogP contribution is -2.29. The third-order valence-corrected chi connectivity index (χ3v) is 8.68. The van der Waals surface area contributed by atoms with E-state index in [-0.39, 0.29) is 0 Å². The fourth-order valence-corrected chi connectivity index (χ4v) is 8.58. The molecule has 0 unspecified atom stereocenters. The van der Waals surface area contributed by atoms with Crippen LogP contribution in [0.15, 0.2) is 134 Å². The van der Waals surface area contributed by atoms with Gasteiger partial charge in [-0.2, -0.15) is 0 Å². The van der Waals surface area contributed by atoms with Crippen molar-refractivity contribution in [3.8, 4) is 28.0 Å². The molecule has 0 aliphatic heterocycles. The Morgan fingerprint density at radius 3 is 1.02 bits per heavy atom. The van der Waals surface area contributed by atoms with Gasteiger partial charge >= 0.3 is 14.8 Å². The minimum absolute atomic E-state index is 0.375. The standard InChI is InChI=1S/C18H10Br4.C6H7B2O4.C6H3Br3/c19-15-5-13(6-16(20)9-15)11-1-2-12(4-3-11)14-7-17(21)10-18(22)8-14;9-7-12-6-3-1-5(2-4-6)8(10)11;7-4-1-5(8)3-6(9)2-4/h1-10H;1-4,9-11H;1-3H. The molecule has 43 heavy (non-hydrogen) atoms. The van der Waals surface area contributed by atoms with Crippen molar-refractivity contribution in [2.75, 3.05) is 0 Å². The highest BCUT2D eigenvalue weighted by atomic mass is 79.9. The van der Waals surface area contributed by atoms with Gasteiger partial charge in [0.1, 0.15) is 0 Å². The van der Waals surface area contributed by atoms with Gasteiger partial charge in [-0.05, 0) is 94.4 Å². The van der Waals surface area contributed by atoms with E-state index < -0.39 is 7.12 Å². The zero-order valence-corrected chi connectivity index (χ0v) is 33.0. The molecule has 5 aromatic rings. The summed E-state index contributed by atoms with van der Waals surface area (Å²) in [6.45, 7) is 0. The van der Waals surface area contributed by atoms with Crippen LogP contribution in [0.25, 0.3) is 22.3 Å². The molecule has 0 atom stereocenters. The molecule has 5 aromatic carbocycles. The molecule has 0 saturated carbocycles. The van der Waals surface area contributed by atoms with E-state index in [1.165, 1.54) is 46.5 Å². The van der Waals surface area contributed by atoms with Crippen molar-refractivity contribution in [3.63, 3.8) is 0 Å². The average Bonchev–Trinajstić information content (AvgIpc) is 2.92. The predicted molar refractivity (Wildman–Crippen MR) is 203 cm³/mol. The second-order valence-electron chi connectivity index (χ2n) is 8.65. The Balaban J connectivity index is 0.000000202. The van der Waals surface area contributed by atoms with E-state index in [2.05, 4.69) is 165 Å². The first-order chi connectivity index (χ1) is 20.4. The summed E-state index contributed by atoms with van der Waals surface area (Å²) in [7, 11) is -0.915. The Bertz CT molecular complexity index is 1480. The molecule has 219 valence electrons. The van der Waals surface area contributed by atoms with Crippen LogP contribution in [0.3, 0.4) is 0 Å². The molecule has 0 aromatic heterocycles. The highest BCUT2D eigenvalue weighted by Gasteiger charge is 2.09. The summed E-state index contributed by atoms with van der Waals surface area (Å²) < 4.78 is 12.1. The maximum atomic E-state index is 8.70. The van der Waals surface area contributed by atoms with Crippen LogP contribution in [0.1, 0.15) is 0 Å². The number of halogens is 7. The fraction of sp³-hybridized carbons (Fsp3) is 0. The molecule has 0 spiro atoms. The van der Waals surface area contributed by atoms with Crippen LogP contribution in [-0.2, 0) is 0 Å². The van der Waals surface area contributed by atoms with E-state index in [9.17, 15) is 0 Å². The van der Waals surface area contributed by atoms with Crippen LogP contribution in [-0.4, -0.2) is 29.9 Å². The van der Waals surface area contributed by atoms with E-state index in [0.717, 1.165) is 31.3 Å². The first-order valence-electron chi connectivity index (χ1n) is 12.2. The maximum Gasteiger partial charge on any atom is 0.569 e. The van der Waals surface area contributed by atoms with Gasteiger partial charge in [-0.25, -0.2) is 0 Å². The second-order valence-corrected chi connectivity index (χ2v) is 15.1. The molecular formula is C30H20B2Br7O4. The maximum absolute atomic E-state index is 8.70. The molecule has 0 aliphatic rings. The van der Waals surface area contributed by atoms with Crippen molar-refractivity contribution >= 4 is 132 Å². The molecule has 0 heterocycles. The molecule has 1 radical (unpaired) electrons. The lowest BCUT2D eigenvalue weighted by Gasteiger charge is -2.07. The van der Waals surface area contributed by atoms with Crippen molar-refractivity contribution in [1.82, 2.24) is 0 Å². The van der Waals surface area contributed by atoms with Crippen molar-refractivity contribution in [2.24, 2.45) is 0 Å². The predicted octanol–water partition coefficient (Wildman–Crippen LogP) is 10.3. The van der Waals surface area contributed by atoms with Gasteiger partial charge in [0.2, 0.25) is 0 Å². The molecule has 13 heteroatoms. The lowest BCUT2D eigenvalue weighted by atomic mass is 9.80. The number of hydrogen-bond acceptors (Lipinski definition) is 4. The molecule has 0 saturated heterocycles. The SMILES string of the molecule is Brc1cc(Br)cc(-c2ccc(-c3cc(Br)cc(Br)c3)cc2)c1.Brc1cc(Br)cc(Br)c1.O[B]Oc1ccc(B(O)O)cc1. The second kappa shape index (κ2) is 18.4. The normalized spacial score (nSPS) is 10.1. The first kappa shape index (κ1) is 36.7. The van der Waals surface area contributed by atoms with Crippen LogP contribution in [0.2, 0.25) is 0 Å².